The summed E-state index contributed by atoms with van der Waals surface area (Å²) in [6, 6.07) is 8.17. The van der Waals surface area contributed by atoms with Gasteiger partial charge in [0.25, 0.3) is 10.2 Å². The van der Waals surface area contributed by atoms with E-state index >= 15 is 0 Å². The van der Waals surface area contributed by atoms with Crippen LogP contribution >= 0.6 is 0 Å². The highest BCUT2D eigenvalue weighted by Gasteiger charge is 2.36. The van der Waals surface area contributed by atoms with E-state index in [2.05, 4.69) is 6.92 Å². The number of carbonyl (C=O) groups is 1. The second-order valence-electron chi connectivity index (χ2n) is 7.66. The zero-order valence-electron chi connectivity index (χ0n) is 16.4. The lowest BCUT2D eigenvalue weighted by Crippen LogP contribution is -2.54. The Bertz CT molecular complexity index is 748. The van der Waals surface area contributed by atoms with Gasteiger partial charge in [-0.3, -0.25) is 4.79 Å². The van der Waals surface area contributed by atoms with Gasteiger partial charge in [-0.25, -0.2) is 0 Å². The second-order valence-corrected chi connectivity index (χ2v) is 9.59. The predicted molar refractivity (Wildman–Crippen MR) is 106 cm³/mol. The highest BCUT2D eigenvalue weighted by molar-refractivity contribution is 7.86. The van der Waals surface area contributed by atoms with Crippen LogP contribution in [0, 0.1) is 6.92 Å². The third-order valence-corrected chi connectivity index (χ3v) is 7.61. The average molecular weight is 394 g/mol. The van der Waals surface area contributed by atoms with Gasteiger partial charge in [-0.05, 0) is 44.6 Å². The lowest BCUT2D eigenvalue weighted by molar-refractivity contribution is -0.135. The Labute approximate surface area is 163 Å². The molecule has 2 fully saturated rings. The standard InChI is InChI=1S/C20H31N3O3S/c1-3-19-7-4-5-14-23(19)20(24)16-22-13-6-12-21(27(22,25)26)15-18-10-8-17(2)9-11-18/h8-11,19H,3-7,12-16H2,1-2H3/t19-/m0/s1. The van der Waals surface area contributed by atoms with Gasteiger partial charge in [0.1, 0.15) is 0 Å². The predicted octanol–water partition coefficient (Wildman–Crippen LogP) is 2.54. The van der Waals surface area contributed by atoms with E-state index in [1.54, 1.807) is 0 Å². The molecule has 1 aromatic rings. The summed E-state index contributed by atoms with van der Waals surface area (Å²) >= 11 is 0. The molecule has 2 saturated heterocycles. The first-order valence-electron chi connectivity index (χ1n) is 10.0. The first kappa shape index (κ1) is 20.3. The maximum atomic E-state index is 13.0. The molecule has 0 unspecified atom stereocenters. The Balaban J connectivity index is 1.68. The van der Waals surface area contributed by atoms with E-state index in [0.29, 0.717) is 19.6 Å². The van der Waals surface area contributed by atoms with E-state index in [0.717, 1.165) is 49.8 Å². The van der Waals surface area contributed by atoms with Crippen molar-refractivity contribution in [2.75, 3.05) is 26.2 Å². The van der Waals surface area contributed by atoms with Crippen molar-refractivity contribution >= 4 is 16.1 Å². The molecule has 0 N–H and O–H groups in total. The molecular formula is C20H31N3O3S. The summed E-state index contributed by atoms with van der Waals surface area (Å²) in [4.78, 5) is 14.7. The molecular weight excluding hydrogens is 362 g/mol. The zero-order valence-corrected chi connectivity index (χ0v) is 17.2. The fourth-order valence-corrected chi connectivity index (χ4v) is 5.66. The van der Waals surface area contributed by atoms with E-state index in [-0.39, 0.29) is 18.5 Å². The molecule has 27 heavy (non-hydrogen) atoms. The molecule has 2 aliphatic heterocycles. The second kappa shape index (κ2) is 8.71. The minimum absolute atomic E-state index is 0.0385. The van der Waals surface area contributed by atoms with Gasteiger partial charge in [-0.15, -0.1) is 0 Å². The molecule has 3 rings (SSSR count). The van der Waals surface area contributed by atoms with Crippen molar-refractivity contribution in [2.24, 2.45) is 0 Å². The maximum absolute atomic E-state index is 13.0. The lowest BCUT2D eigenvalue weighted by atomic mass is 10.00. The van der Waals surface area contributed by atoms with Crippen molar-refractivity contribution in [1.82, 2.24) is 13.5 Å². The molecule has 0 bridgehead atoms. The monoisotopic (exact) mass is 393 g/mol. The minimum Gasteiger partial charge on any atom is -0.339 e. The normalized spacial score (nSPS) is 24.1. The van der Waals surface area contributed by atoms with Crippen LogP contribution in [0.1, 0.15) is 50.2 Å². The van der Waals surface area contributed by atoms with Gasteiger partial charge >= 0.3 is 0 Å². The molecule has 1 atom stereocenters. The third kappa shape index (κ3) is 4.70. The van der Waals surface area contributed by atoms with Gasteiger partial charge in [-0.1, -0.05) is 36.8 Å². The molecule has 1 amide bonds. The molecule has 0 radical (unpaired) electrons. The third-order valence-electron chi connectivity index (χ3n) is 5.68. The first-order valence-corrected chi connectivity index (χ1v) is 11.4. The topological polar surface area (TPSA) is 60.9 Å². The Hall–Kier alpha value is -1.44. The number of piperidine rings is 1. The van der Waals surface area contributed by atoms with Crippen LogP contribution in [0.2, 0.25) is 0 Å². The molecule has 6 nitrogen and oxygen atoms in total. The number of hydrogen-bond acceptors (Lipinski definition) is 3. The fraction of sp³-hybridized carbons (Fsp3) is 0.650. The molecule has 0 saturated carbocycles. The number of likely N-dealkylation sites (tertiary alicyclic amines) is 1. The quantitative estimate of drug-likeness (QED) is 0.772. The maximum Gasteiger partial charge on any atom is 0.282 e. The number of amides is 1. The van der Waals surface area contributed by atoms with Gasteiger partial charge < -0.3 is 4.90 Å². The molecule has 150 valence electrons. The van der Waals surface area contributed by atoms with Gasteiger partial charge in [0.2, 0.25) is 5.91 Å². The van der Waals surface area contributed by atoms with Crippen LogP contribution in [0.4, 0.5) is 0 Å². The van der Waals surface area contributed by atoms with Crippen LogP contribution in [-0.2, 0) is 21.5 Å². The van der Waals surface area contributed by atoms with E-state index in [1.807, 2.05) is 36.1 Å². The number of carbonyl (C=O) groups excluding carboxylic acids is 1. The first-order chi connectivity index (χ1) is 12.9. The van der Waals surface area contributed by atoms with Gasteiger partial charge in [0, 0.05) is 32.2 Å². The Morgan fingerprint density at radius 1 is 1.04 bits per heavy atom. The van der Waals surface area contributed by atoms with Crippen LogP contribution in [0.25, 0.3) is 0 Å². The summed E-state index contributed by atoms with van der Waals surface area (Å²) in [7, 11) is -3.61. The number of hydrogen-bond donors (Lipinski definition) is 0. The van der Waals surface area contributed by atoms with Gasteiger partial charge in [0.05, 0.1) is 6.54 Å². The molecule has 0 spiro atoms. The van der Waals surface area contributed by atoms with Crippen LogP contribution in [-0.4, -0.2) is 60.1 Å². The van der Waals surface area contributed by atoms with Crippen molar-refractivity contribution < 1.29 is 13.2 Å². The molecule has 7 heteroatoms. The van der Waals surface area contributed by atoms with Gasteiger partial charge in [-0.2, -0.15) is 17.0 Å². The summed E-state index contributed by atoms with van der Waals surface area (Å²) in [5, 5.41) is 0. The summed E-state index contributed by atoms with van der Waals surface area (Å²) in [6.45, 7) is 6.09. The van der Waals surface area contributed by atoms with Crippen molar-refractivity contribution in [3.05, 3.63) is 35.4 Å². The van der Waals surface area contributed by atoms with E-state index in [1.165, 1.54) is 8.61 Å². The van der Waals surface area contributed by atoms with Gasteiger partial charge in [0.15, 0.2) is 0 Å². The minimum atomic E-state index is -3.61. The number of benzene rings is 1. The van der Waals surface area contributed by atoms with Crippen LogP contribution < -0.4 is 0 Å². The summed E-state index contributed by atoms with van der Waals surface area (Å²) in [5.74, 6) is -0.0534. The Morgan fingerprint density at radius 3 is 2.44 bits per heavy atom. The average Bonchev–Trinajstić information content (AvgIpc) is 2.66. The Morgan fingerprint density at radius 2 is 1.74 bits per heavy atom. The molecule has 0 aromatic heterocycles. The van der Waals surface area contributed by atoms with Crippen LogP contribution in [0.15, 0.2) is 24.3 Å². The lowest BCUT2D eigenvalue weighted by Gasteiger charge is -2.38. The Kier molecular flexibility index (Phi) is 6.55. The SMILES string of the molecule is CC[C@H]1CCCCN1C(=O)CN1CCCN(Cc2ccc(C)cc2)S1(=O)=O. The molecule has 2 heterocycles. The smallest absolute Gasteiger partial charge is 0.282 e. The highest BCUT2D eigenvalue weighted by Crippen LogP contribution is 2.23. The molecule has 2 aliphatic rings. The number of aryl methyl sites for hydroxylation is 1. The fourth-order valence-electron chi connectivity index (χ4n) is 4.03. The van der Waals surface area contributed by atoms with Crippen molar-refractivity contribution in [3.8, 4) is 0 Å². The molecule has 0 aliphatic carbocycles. The largest absolute Gasteiger partial charge is 0.339 e. The van der Waals surface area contributed by atoms with E-state index in [9.17, 15) is 13.2 Å². The summed E-state index contributed by atoms with van der Waals surface area (Å²) in [5.41, 5.74) is 2.12. The summed E-state index contributed by atoms with van der Waals surface area (Å²) in [6.07, 6.45) is 4.85. The van der Waals surface area contributed by atoms with E-state index < -0.39 is 10.2 Å². The van der Waals surface area contributed by atoms with E-state index in [4.69, 9.17) is 0 Å². The summed E-state index contributed by atoms with van der Waals surface area (Å²) < 4.78 is 28.9. The number of rotatable bonds is 5. The number of nitrogens with zero attached hydrogens (tertiary/aromatic N) is 3. The molecule has 1 aromatic carbocycles. The van der Waals surface area contributed by atoms with Crippen molar-refractivity contribution in [2.45, 2.75) is 58.5 Å². The van der Waals surface area contributed by atoms with Crippen LogP contribution in [0.5, 0.6) is 0 Å². The van der Waals surface area contributed by atoms with Crippen molar-refractivity contribution in [3.63, 3.8) is 0 Å². The zero-order chi connectivity index (χ0) is 19.4. The van der Waals surface area contributed by atoms with Crippen LogP contribution in [0.3, 0.4) is 0 Å². The van der Waals surface area contributed by atoms with Crippen molar-refractivity contribution in [1.29, 1.82) is 0 Å². The highest BCUT2D eigenvalue weighted by atomic mass is 32.2.